The molecule has 0 bridgehead atoms. The van der Waals surface area contributed by atoms with Crippen molar-refractivity contribution < 1.29 is 29.0 Å². The first kappa shape index (κ1) is 18.5. The van der Waals surface area contributed by atoms with Gasteiger partial charge in [0.15, 0.2) is 0 Å². The Bertz CT molecular complexity index is 611. The van der Waals surface area contributed by atoms with Gasteiger partial charge in [-0.3, -0.25) is 0 Å². The zero-order valence-corrected chi connectivity index (χ0v) is 14.5. The van der Waals surface area contributed by atoms with Gasteiger partial charge < -0.3 is 9.47 Å². The van der Waals surface area contributed by atoms with E-state index in [0.29, 0.717) is 5.02 Å². The van der Waals surface area contributed by atoms with Crippen LogP contribution in [-0.4, -0.2) is 7.11 Å². The Labute approximate surface area is 149 Å². The van der Waals surface area contributed by atoms with Crippen molar-refractivity contribution in [1.82, 2.24) is 0 Å². The summed E-state index contributed by atoms with van der Waals surface area (Å²) in [6, 6.07) is 14.7. The van der Waals surface area contributed by atoms with Crippen molar-refractivity contribution in [3.05, 3.63) is 84.3 Å². The number of allylic oxidation sites excluding steroid dienone is 4. The second kappa shape index (κ2) is 10.2. The minimum absolute atomic E-state index is 0. The molecule has 0 saturated heterocycles. The van der Waals surface area contributed by atoms with E-state index in [-0.39, 0.29) is 19.5 Å². The molecule has 1 aliphatic carbocycles. The molecule has 2 aromatic carbocycles. The molecule has 0 N–H and O–H groups in total. The van der Waals surface area contributed by atoms with Crippen molar-refractivity contribution in [3.63, 3.8) is 0 Å². The molecule has 0 saturated carbocycles. The van der Waals surface area contributed by atoms with Crippen LogP contribution in [-0.2, 0) is 19.5 Å². The Hall–Kier alpha value is -1.57. The maximum atomic E-state index is 5.86. The van der Waals surface area contributed by atoms with Gasteiger partial charge in [0.2, 0.25) is 0 Å². The number of rotatable bonds is 3. The van der Waals surface area contributed by atoms with Gasteiger partial charge in [-0.05, 0) is 42.5 Å². The van der Waals surface area contributed by atoms with E-state index in [1.165, 1.54) is 0 Å². The van der Waals surface area contributed by atoms with Crippen molar-refractivity contribution in [1.29, 1.82) is 0 Å². The minimum Gasteiger partial charge on any atom is -0.497 e. The van der Waals surface area contributed by atoms with Crippen LogP contribution in [0.15, 0.2) is 72.8 Å². The summed E-state index contributed by atoms with van der Waals surface area (Å²) in [5, 5.41) is 0.658. The number of methoxy groups -OCH3 is 1. The number of hydrogen-bond acceptors (Lipinski definition) is 2. The molecular formula is C18H16ClO2Ru+. The molecule has 0 unspecified atom stereocenters. The quantitative estimate of drug-likeness (QED) is 0.637. The van der Waals surface area contributed by atoms with Crippen LogP contribution in [0.4, 0.5) is 0 Å². The molecule has 2 radical (unpaired) electrons. The van der Waals surface area contributed by atoms with Crippen molar-refractivity contribution in [3.8, 4) is 17.2 Å². The Morgan fingerprint density at radius 2 is 1.41 bits per heavy atom. The minimum atomic E-state index is 0. The van der Waals surface area contributed by atoms with Gasteiger partial charge in [-0.15, -0.1) is 0 Å². The van der Waals surface area contributed by atoms with Crippen LogP contribution in [0.25, 0.3) is 0 Å². The van der Waals surface area contributed by atoms with Crippen LogP contribution in [0.1, 0.15) is 0 Å². The number of hydrogen-bond donors (Lipinski definition) is 0. The molecule has 2 aromatic rings. The summed E-state index contributed by atoms with van der Waals surface area (Å²) in [5.74, 6) is 2.28. The molecule has 3 rings (SSSR count). The molecule has 0 fully saturated rings. The normalized spacial score (nSPS) is 11.2. The average molecular weight is 401 g/mol. The van der Waals surface area contributed by atoms with E-state index in [9.17, 15) is 0 Å². The standard InChI is InChI=1S/C13H11ClO2.C5H5.Ru/c1-15-11-5-7-12(8-6-11)16-13-4-2-3-10(14)9-13;1-2-4-5-3-1;/h2-9H,1H3;1-5H;/q;;+1. The van der Waals surface area contributed by atoms with Gasteiger partial charge in [0.25, 0.3) is 0 Å². The van der Waals surface area contributed by atoms with Crippen molar-refractivity contribution in [2.75, 3.05) is 7.11 Å². The van der Waals surface area contributed by atoms with E-state index < -0.39 is 0 Å². The molecule has 114 valence electrons. The summed E-state index contributed by atoms with van der Waals surface area (Å²) in [5.41, 5.74) is 0. The third-order valence-electron chi connectivity index (χ3n) is 2.65. The average Bonchev–Trinajstić information content (AvgIpc) is 3.08. The SMILES string of the molecule is COc1ccc(Oc2cccc(Cl)c2)cc1.[CH]1C=CC=C1.[Ru+]. The summed E-state index contributed by atoms with van der Waals surface area (Å²) < 4.78 is 10.7. The zero-order chi connectivity index (χ0) is 14.9. The Morgan fingerprint density at radius 3 is 1.91 bits per heavy atom. The van der Waals surface area contributed by atoms with Crippen molar-refractivity contribution in [2.24, 2.45) is 0 Å². The van der Waals surface area contributed by atoms with Crippen LogP contribution in [0.5, 0.6) is 17.2 Å². The van der Waals surface area contributed by atoms with E-state index >= 15 is 0 Å². The van der Waals surface area contributed by atoms with E-state index in [1.807, 2.05) is 73.2 Å². The van der Waals surface area contributed by atoms with Crippen LogP contribution >= 0.6 is 11.6 Å². The first-order valence-corrected chi connectivity index (χ1v) is 6.90. The maximum absolute atomic E-state index is 5.86. The van der Waals surface area contributed by atoms with Gasteiger partial charge in [0, 0.05) is 11.4 Å². The first-order chi connectivity index (χ1) is 10.3. The van der Waals surface area contributed by atoms with Crippen LogP contribution in [0.2, 0.25) is 5.02 Å². The predicted molar refractivity (Wildman–Crippen MR) is 87.1 cm³/mol. The molecule has 4 heteroatoms. The third kappa shape index (κ3) is 6.47. The number of halogens is 1. The predicted octanol–water partition coefficient (Wildman–Crippen LogP) is 5.46. The van der Waals surface area contributed by atoms with E-state index in [2.05, 4.69) is 0 Å². The molecule has 0 heterocycles. The van der Waals surface area contributed by atoms with Crippen LogP contribution < -0.4 is 9.47 Å². The molecule has 22 heavy (non-hydrogen) atoms. The van der Waals surface area contributed by atoms with Gasteiger partial charge in [0.05, 0.1) is 7.11 Å². The number of ether oxygens (including phenoxy) is 2. The molecule has 1 aliphatic rings. The summed E-state index contributed by atoms with van der Waals surface area (Å²) >= 11 is 5.86. The fraction of sp³-hybridized carbons (Fsp3) is 0.0556. The molecule has 0 atom stereocenters. The monoisotopic (exact) mass is 401 g/mol. The van der Waals surface area contributed by atoms with Gasteiger partial charge in [-0.2, -0.15) is 0 Å². The fourth-order valence-corrected chi connectivity index (χ4v) is 1.81. The summed E-state index contributed by atoms with van der Waals surface area (Å²) in [4.78, 5) is 0. The molecule has 0 amide bonds. The third-order valence-corrected chi connectivity index (χ3v) is 2.88. The molecular weight excluding hydrogens is 385 g/mol. The van der Waals surface area contributed by atoms with Crippen molar-refractivity contribution in [2.45, 2.75) is 0 Å². The molecule has 0 aromatic heterocycles. The van der Waals surface area contributed by atoms with Crippen LogP contribution in [0, 0.1) is 6.42 Å². The second-order valence-electron chi connectivity index (χ2n) is 4.20. The second-order valence-corrected chi connectivity index (χ2v) is 4.63. The Kier molecular flexibility index (Phi) is 8.58. The zero-order valence-electron chi connectivity index (χ0n) is 12.1. The summed E-state index contributed by atoms with van der Waals surface area (Å²) in [6.07, 6.45) is 10.0. The van der Waals surface area contributed by atoms with Crippen LogP contribution in [0.3, 0.4) is 0 Å². The smallest absolute Gasteiger partial charge is 0.497 e. The number of benzene rings is 2. The van der Waals surface area contributed by atoms with Crippen molar-refractivity contribution >= 4 is 11.6 Å². The van der Waals surface area contributed by atoms with Gasteiger partial charge in [-0.25, -0.2) is 0 Å². The van der Waals surface area contributed by atoms with E-state index in [4.69, 9.17) is 21.1 Å². The van der Waals surface area contributed by atoms with Gasteiger partial charge in [-0.1, -0.05) is 42.0 Å². The summed E-state index contributed by atoms with van der Waals surface area (Å²) in [7, 11) is 1.63. The first-order valence-electron chi connectivity index (χ1n) is 6.52. The molecule has 2 nitrogen and oxygen atoms in total. The van der Waals surface area contributed by atoms with Gasteiger partial charge >= 0.3 is 19.5 Å². The van der Waals surface area contributed by atoms with Gasteiger partial charge in [0.1, 0.15) is 17.2 Å². The fourth-order valence-electron chi connectivity index (χ4n) is 1.63. The summed E-state index contributed by atoms with van der Waals surface area (Å²) in [6.45, 7) is 0. The largest absolute Gasteiger partial charge is 1.00 e. The Morgan fingerprint density at radius 1 is 0.773 bits per heavy atom. The topological polar surface area (TPSA) is 18.5 Å². The van der Waals surface area contributed by atoms with E-state index in [0.717, 1.165) is 17.2 Å². The maximum Gasteiger partial charge on any atom is 1.00 e. The Balaban J connectivity index is 0.000000344. The van der Waals surface area contributed by atoms with E-state index in [1.54, 1.807) is 13.2 Å². The molecule has 0 aliphatic heterocycles. The molecule has 0 spiro atoms.